The summed E-state index contributed by atoms with van der Waals surface area (Å²) in [5, 5.41) is 0. The zero-order chi connectivity index (χ0) is 38.6. The Bertz CT molecular complexity index is 2860. The Labute approximate surface area is 339 Å². The van der Waals surface area contributed by atoms with Gasteiger partial charge in [0.2, 0.25) is 0 Å². The highest BCUT2D eigenvalue weighted by atomic mass is 14.9. The van der Waals surface area contributed by atoms with Crippen LogP contribution in [0.25, 0.3) is 78.9 Å². The van der Waals surface area contributed by atoms with Crippen molar-refractivity contribution in [3.05, 3.63) is 180 Å². The third kappa shape index (κ3) is 5.07. The Morgan fingerprint density at radius 2 is 0.914 bits per heavy atom. The molecule has 0 N–H and O–H groups in total. The molecule has 2 heterocycles. The van der Waals surface area contributed by atoms with Gasteiger partial charge in [-0.25, -0.2) is 19.9 Å². The standard InChI is InChI=1S/C54H42N4/c1-53(2)44-22-10-9-21-42(44)43-24-23-36(28-45(43)53)49-30-48(35-17-12-20-41(27-35)54-31-39-26-40(32-54)50(39)54)57-52(58-49)38-19-11-18-37(25-38)51-55-46(33-13-5-3-6-14-33)29-47(56-51)34-15-7-4-8-16-34/h3-25,27-30,39-40,50H,26,31-32H2,1-2H3. The normalized spacial score (nSPS) is 21.4. The predicted octanol–water partition coefficient (Wildman–Crippen LogP) is 12.9. The Morgan fingerprint density at radius 3 is 1.52 bits per heavy atom. The molecule has 4 nitrogen and oxygen atoms in total. The van der Waals surface area contributed by atoms with Crippen molar-refractivity contribution in [3.63, 3.8) is 0 Å². The van der Waals surface area contributed by atoms with Crippen LogP contribution in [0.1, 0.15) is 49.8 Å². The molecule has 278 valence electrons. The number of benzene rings is 6. The maximum absolute atomic E-state index is 5.37. The van der Waals surface area contributed by atoms with E-state index in [-0.39, 0.29) is 5.41 Å². The van der Waals surface area contributed by atoms with Gasteiger partial charge < -0.3 is 0 Å². The van der Waals surface area contributed by atoms with Crippen LogP contribution in [0.5, 0.6) is 0 Å². The summed E-state index contributed by atoms with van der Waals surface area (Å²) in [6, 6.07) is 58.4. The maximum Gasteiger partial charge on any atom is 0.160 e. The summed E-state index contributed by atoms with van der Waals surface area (Å²) in [5.74, 6) is 4.15. The van der Waals surface area contributed by atoms with Crippen molar-refractivity contribution in [3.8, 4) is 78.9 Å². The molecule has 2 atom stereocenters. The lowest BCUT2D eigenvalue weighted by Gasteiger charge is -2.76. The summed E-state index contributed by atoms with van der Waals surface area (Å²) in [4.78, 5) is 21.0. The zero-order valence-electron chi connectivity index (χ0n) is 32.7. The van der Waals surface area contributed by atoms with Crippen LogP contribution in [0, 0.1) is 17.8 Å². The van der Waals surface area contributed by atoms with Crippen LogP contribution in [-0.4, -0.2) is 19.9 Å². The van der Waals surface area contributed by atoms with E-state index in [1.165, 1.54) is 47.1 Å². The van der Waals surface area contributed by atoms with Gasteiger partial charge in [-0.1, -0.05) is 147 Å². The molecule has 4 aliphatic carbocycles. The fourth-order valence-electron chi connectivity index (χ4n) is 11.2. The molecule has 0 bridgehead atoms. The van der Waals surface area contributed by atoms with E-state index < -0.39 is 0 Å². The third-order valence-corrected chi connectivity index (χ3v) is 14.1. The molecule has 58 heavy (non-hydrogen) atoms. The van der Waals surface area contributed by atoms with E-state index in [0.29, 0.717) is 17.1 Å². The van der Waals surface area contributed by atoms with Gasteiger partial charge in [0.25, 0.3) is 0 Å². The molecule has 3 fully saturated rings. The minimum atomic E-state index is -0.113. The van der Waals surface area contributed by atoms with Crippen LogP contribution in [0.4, 0.5) is 0 Å². The van der Waals surface area contributed by atoms with E-state index in [1.807, 2.05) is 12.1 Å². The smallest absolute Gasteiger partial charge is 0.160 e. The molecule has 0 amide bonds. The third-order valence-electron chi connectivity index (χ3n) is 14.1. The van der Waals surface area contributed by atoms with Gasteiger partial charge in [-0.3, -0.25) is 0 Å². The van der Waals surface area contributed by atoms with Gasteiger partial charge in [0.1, 0.15) is 0 Å². The maximum atomic E-state index is 5.37. The van der Waals surface area contributed by atoms with E-state index in [9.17, 15) is 0 Å². The highest BCUT2D eigenvalue weighted by molar-refractivity contribution is 5.84. The van der Waals surface area contributed by atoms with Gasteiger partial charge in [0, 0.05) is 38.8 Å². The van der Waals surface area contributed by atoms with E-state index in [4.69, 9.17) is 19.9 Å². The van der Waals surface area contributed by atoms with E-state index >= 15 is 0 Å². The summed E-state index contributed by atoms with van der Waals surface area (Å²) in [7, 11) is 0. The summed E-state index contributed by atoms with van der Waals surface area (Å²) in [6.45, 7) is 4.68. The second-order valence-electron chi connectivity index (χ2n) is 17.6. The van der Waals surface area contributed by atoms with Gasteiger partial charge in [-0.15, -0.1) is 0 Å². The Kier molecular flexibility index (Phi) is 7.24. The molecular formula is C54H42N4. The number of rotatable bonds is 7. The summed E-state index contributed by atoms with van der Waals surface area (Å²) >= 11 is 0. The first-order valence-electron chi connectivity index (χ1n) is 20.8. The van der Waals surface area contributed by atoms with Crippen molar-refractivity contribution < 1.29 is 0 Å². The van der Waals surface area contributed by atoms with Crippen LogP contribution >= 0.6 is 0 Å². The van der Waals surface area contributed by atoms with Crippen LogP contribution in [0.2, 0.25) is 0 Å². The number of hydrogen-bond donors (Lipinski definition) is 0. The molecule has 2 unspecified atom stereocenters. The van der Waals surface area contributed by atoms with Gasteiger partial charge in [0.15, 0.2) is 11.6 Å². The molecule has 8 aromatic rings. The fraction of sp³-hybridized carbons (Fsp3) is 0.185. The van der Waals surface area contributed by atoms with Crippen LogP contribution in [0.15, 0.2) is 164 Å². The van der Waals surface area contributed by atoms with Crippen molar-refractivity contribution in [2.45, 2.75) is 43.9 Å². The molecule has 4 aliphatic rings. The molecule has 12 rings (SSSR count). The quantitative estimate of drug-likeness (QED) is 0.163. The molecule has 0 radical (unpaired) electrons. The lowest BCUT2D eigenvalue weighted by Crippen LogP contribution is -2.71. The van der Waals surface area contributed by atoms with Gasteiger partial charge in [-0.2, -0.15) is 0 Å². The fourth-order valence-corrected chi connectivity index (χ4v) is 11.2. The van der Waals surface area contributed by atoms with Crippen molar-refractivity contribution in [1.82, 2.24) is 19.9 Å². The van der Waals surface area contributed by atoms with Crippen molar-refractivity contribution >= 4 is 0 Å². The van der Waals surface area contributed by atoms with Crippen molar-refractivity contribution in [1.29, 1.82) is 0 Å². The number of aromatic nitrogens is 4. The van der Waals surface area contributed by atoms with Crippen LogP contribution < -0.4 is 0 Å². The Balaban J connectivity index is 0.997. The molecule has 4 heteroatoms. The molecule has 6 aromatic carbocycles. The monoisotopic (exact) mass is 746 g/mol. The summed E-state index contributed by atoms with van der Waals surface area (Å²) in [5.41, 5.74) is 16.9. The second-order valence-corrected chi connectivity index (χ2v) is 17.6. The first kappa shape index (κ1) is 33.6. The number of fused-ring (bicyclic) bond motifs is 3. The average Bonchev–Trinajstić information content (AvgIpc) is 3.51. The lowest BCUT2D eigenvalue weighted by atomic mass is 9.28. The lowest BCUT2D eigenvalue weighted by molar-refractivity contribution is -0.219. The van der Waals surface area contributed by atoms with E-state index in [0.717, 1.165) is 73.9 Å². The topological polar surface area (TPSA) is 51.6 Å². The van der Waals surface area contributed by atoms with Gasteiger partial charge in [-0.05, 0) is 101 Å². The highest BCUT2D eigenvalue weighted by Crippen LogP contribution is 2.77. The van der Waals surface area contributed by atoms with Crippen molar-refractivity contribution in [2.24, 2.45) is 17.8 Å². The van der Waals surface area contributed by atoms with Crippen molar-refractivity contribution in [2.75, 3.05) is 0 Å². The Hall–Kier alpha value is -6.52. The van der Waals surface area contributed by atoms with Crippen LogP contribution in [-0.2, 0) is 10.8 Å². The Morgan fingerprint density at radius 1 is 0.414 bits per heavy atom. The van der Waals surface area contributed by atoms with Gasteiger partial charge >= 0.3 is 0 Å². The summed E-state index contributed by atoms with van der Waals surface area (Å²) < 4.78 is 0. The molecule has 2 aromatic heterocycles. The largest absolute Gasteiger partial charge is 0.228 e. The molecule has 0 aliphatic heterocycles. The van der Waals surface area contributed by atoms with Gasteiger partial charge in [0.05, 0.1) is 22.8 Å². The molecule has 0 saturated heterocycles. The number of nitrogens with zero attached hydrogens (tertiary/aromatic N) is 4. The SMILES string of the molecule is CC1(C)c2ccccc2-c2ccc(-c3cc(-c4cccc(C56CC7CC(C5)C76)c4)nc(-c4cccc(-c5nc(-c6ccccc6)cc(-c6ccccc6)n5)c4)n3)cc21. The average molecular weight is 747 g/mol. The molecule has 0 spiro atoms. The van der Waals surface area contributed by atoms with Crippen LogP contribution in [0.3, 0.4) is 0 Å². The molecule has 3 saturated carbocycles. The minimum absolute atomic E-state index is 0.113. The van der Waals surface area contributed by atoms with E-state index in [1.54, 1.807) is 0 Å². The first-order valence-corrected chi connectivity index (χ1v) is 20.8. The highest BCUT2D eigenvalue weighted by Gasteiger charge is 2.71. The van der Waals surface area contributed by atoms with E-state index in [2.05, 4.69) is 166 Å². The number of hydrogen-bond acceptors (Lipinski definition) is 4. The predicted molar refractivity (Wildman–Crippen MR) is 234 cm³/mol. The zero-order valence-corrected chi connectivity index (χ0v) is 32.7. The minimum Gasteiger partial charge on any atom is -0.228 e. The summed E-state index contributed by atoms with van der Waals surface area (Å²) in [6.07, 6.45) is 4.14. The second kappa shape index (κ2) is 12.5. The molecular weight excluding hydrogens is 705 g/mol. The first-order chi connectivity index (χ1) is 28.4.